The summed E-state index contributed by atoms with van der Waals surface area (Å²) >= 11 is 0. The van der Waals surface area contributed by atoms with E-state index in [0.29, 0.717) is 12.2 Å². The summed E-state index contributed by atoms with van der Waals surface area (Å²) in [5.41, 5.74) is 2.88. The standard InChI is InChI=1S/C22H20N4O3/c23-13-16-4-1-2-6-18(16)25-21(28)20(27)24-17-10-9-14-5-3-11-26(19(14)12-17)22(29)15-7-8-15/h1-2,4,6,9-10,12,15H,3,5,7-8,11H2,(H,24,27)(H,25,28). The average Bonchev–Trinajstić information content (AvgIpc) is 3.58. The van der Waals surface area contributed by atoms with Gasteiger partial charge in [-0.3, -0.25) is 14.4 Å². The molecule has 4 rings (SSSR count). The first-order valence-electron chi connectivity index (χ1n) is 9.62. The van der Waals surface area contributed by atoms with E-state index >= 15 is 0 Å². The highest BCUT2D eigenvalue weighted by atomic mass is 16.2. The molecule has 0 saturated heterocycles. The van der Waals surface area contributed by atoms with Crippen molar-refractivity contribution in [1.82, 2.24) is 0 Å². The molecule has 0 spiro atoms. The predicted octanol–water partition coefficient (Wildman–Crippen LogP) is 2.82. The fourth-order valence-electron chi connectivity index (χ4n) is 3.49. The molecular weight excluding hydrogens is 368 g/mol. The molecule has 1 fully saturated rings. The number of carbonyl (C=O) groups is 3. The molecule has 2 aromatic rings. The van der Waals surface area contributed by atoms with Crippen LogP contribution in [-0.4, -0.2) is 24.3 Å². The Hall–Kier alpha value is -3.66. The second-order valence-corrected chi connectivity index (χ2v) is 7.28. The Labute approximate surface area is 168 Å². The van der Waals surface area contributed by atoms with Gasteiger partial charge in [0.1, 0.15) is 6.07 Å². The number of para-hydroxylation sites is 1. The van der Waals surface area contributed by atoms with Crippen molar-refractivity contribution < 1.29 is 14.4 Å². The number of amides is 3. The molecule has 3 amide bonds. The zero-order valence-corrected chi connectivity index (χ0v) is 15.8. The van der Waals surface area contributed by atoms with Crippen LogP contribution in [0.15, 0.2) is 42.5 Å². The van der Waals surface area contributed by atoms with E-state index in [9.17, 15) is 14.4 Å². The zero-order valence-electron chi connectivity index (χ0n) is 15.8. The monoisotopic (exact) mass is 388 g/mol. The molecule has 0 aromatic heterocycles. The largest absolute Gasteiger partial charge is 0.318 e. The van der Waals surface area contributed by atoms with E-state index < -0.39 is 11.8 Å². The van der Waals surface area contributed by atoms with Crippen LogP contribution in [0.25, 0.3) is 0 Å². The molecule has 1 aliphatic heterocycles. The van der Waals surface area contributed by atoms with Gasteiger partial charge < -0.3 is 15.5 Å². The Morgan fingerprint density at radius 2 is 1.79 bits per heavy atom. The normalized spacial score (nSPS) is 15.1. The van der Waals surface area contributed by atoms with Crippen molar-refractivity contribution in [2.24, 2.45) is 5.92 Å². The maximum atomic E-state index is 12.6. The number of rotatable bonds is 3. The van der Waals surface area contributed by atoms with Crippen LogP contribution in [0, 0.1) is 17.2 Å². The summed E-state index contributed by atoms with van der Waals surface area (Å²) < 4.78 is 0. The molecule has 7 heteroatoms. The summed E-state index contributed by atoms with van der Waals surface area (Å²) in [5.74, 6) is -1.45. The number of fused-ring (bicyclic) bond motifs is 1. The number of aryl methyl sites for hydroxylation is 1. The number of hydrogen-bond donors (Lipinski definition) is 2. The van der Waals surface area contributed by atoms with Gasteiger partial charge in [0.15, 0.2) is 0 Å². The lowest BCUT2D eigenvalue weighted by Crippen LogP contribution is -2.36. The molecule has 29 heavy (non-hydrogen) atoms. The molecule has 2 aromatic carbocycles. The Kier molecular flexibility index (Phi) is 5.00. The highest BCUT2D eigenvalue weighted by molar-refractivity contribution is 6.43. The Morgan fingerprint density at radius 1 is 1.03 bits per heavy atom. The van der Waals surface area contributed by atoms with E-state index in [1.807, 2.05) is 12.1 Å². The van der Waals surface area contributed by atoms with E-state index in [4.69, 9.17) is 5.26 Å². The van der Waals surface area contributed by atoms with Crippen molar-refractivity contribution in [1.29, 1.82) is 5.26 Å². The molecule has 146 valence electrons. The van der Waals surface area contributed by atoms with Gasteiger partial charge in [-0.2, -0.15) is 5.26 Å². The van der Waals surface area contributed by atoms with E-state index in [1.54, 1.807) is 41.3 Å². The van der Waals surface area contributed by atoms with Crippen LogP contribution in [0.1, 0.15) is 30.4 Å². The summed E-state index contributed by atoms with van der Waals surface area (Å²) in [5, 5.41) is 14.1. The number of nitriles is 1. The van der Waals surface area contributed by atoms with Gasteiger partial charge in [0.05, 0.1) is 11.3 Å². The minimum atomic E-state index is -0.865. The minimum absolute atomic E-state index is 0.116. The SMILES string of the molecule is N#Cc1ccccc1NC(=O)C(=O)Nc1ccc2c(c1)N(C(=O)C1CC1)CCC2. The smallest absolute Gasteiger partial charge is 0.314 e. The molecule has 1 saturated carbocycles. The van der Waals surface area contributed by atoms with Crippen molar-refractivity contribution in [2.75, 3.05) is 22.1 Å². The quantitative estimate of drug-likeness (QED) is 0.789. The van der Waals surface area contributed by atoms with E-state index in [2.05, 4.69) is 10.6 Å². The van der Waals surface area contributed by atoms with Gasteiger partial charge >= 0.3 is 11.8 Å². The summed E-state index contributed by atoms with van der Waals surface area (Å²) in [6.45, 7) is 0.672. The minimum Gasteiger partial charge on any atom is -0.318 e. The second-order valence-electron chi connectivity index (χ2n) is 7.28. The van der Waals surface area contributed by atoms with Crippen LogP contribution >= 0.6 is 0 Å². The van der Waals surface area contributed by atoms with E-state index in [-0.39, 0.29) is 23.1 Å². The van der Waals surface area contributed by atoms with Crippen molar-refractivity contribution >= 4 is 34.8 Å². The van der Waals surface area contributed by atoms with Gasteiger partial charge in [-0.15, -0.1) is 0 Å². The molecular formula is C22H20N4O3. The Bertz CT molecular complexity index is 1040. The van der Waals surface area contributed by atoms with Crippen LogP contribution in [0.2, 0.25) is 0 Å². The lowest BCUT2D eigenvalue weighted by atomic mass is 10.0. The van der Waals surface area contributed by atoms with Gasteiger partial charge in [0.2, 0.25) is 5.91 Å². The highest BCUT2D eigenvalue weighted by Crippen LogP contribution is 2.36. The fraction of sp³-hybridized carbons (Fsp3) is 0.273. The Balaban J connectivity index is 1.48. The van der Waals surface area contributed by atoms with Crippen LogP contribution in [0.5, 0.6) is 0 Å². The summed E-state index contributed by atoms with van der Waals surface area (Å²) in [6, 6.07) is 13.8. The number of hydrogen-bond acceptors (Lipinski definition) is 4. The van der Waals surface area contributed by atoms with Crippen molar-refractivity contribution in [3.63, 3.8) is 0 Å². The third-order valence-electron chi connectivity index (χ3n) is 5.16. The third-order valence-corrected chi connectivity index (χ3v) is 5.16. The molecule has 0 bridgehead atoms. The maximum Gasteiger partial charge on any atom is 0.314 e. The molecule has 7 nitrogen and oxygen atoms in total. The number of anilines is 3. The average molecular weight is 388 g/mol. The van der Waals surface area contributed by atoms with Crippen LogP contribution in [0.3, 0.4) is 0 Å². The summed E-state index contributed by atoms with van der Waals surface area (Å²) in [6.07, 6.45) is 3.66. The molecule has 0 unspecified atom stereocenters. The van der Waals surface area contributed by atoms with Crippen LogP contribution < -0.4 is 15.5 Å². The number of nitrogens with zero attached hydrogens (tertiary/aromatic N) is 2. The molecule has 2 N–H and O–H groups in total. The maximum absolute atomic E-state index is 12.6. The lowest BCUT2D eigenvalue weighted by Gasteiger charge is -2.30. The number of nitrogens with one attached hydrogen (secondary N) is 2. The van der Waals surface area contributed by atoms with Gasteiger partial charge in [-0.25, -0.2) is 0 Å². The molecule has 1 heterocycles. The van der Waals surface area contributed by atoms with Crippen molar-refractivity contribution in [3.8, 4) is 6.07 Å². The highest BCUT2D eigenvalue weighted by Gasteiger charge is 2.35. The van der Waals surface area contributed by atoms with Crippen molar-refractivity contribution in [3.05, 3.63) is 53.6 Å². The first-order chi connectivity index (χ1) is 14.1. The topological polar surface area (TPSA) is 102 Å². The fourth-order valence-corrected chi connectivity index (χ4v) is 3.49. The van der Waals surface area contributed by atoms with Gasteiger partial charge in [-0.05, 0) is 55.5 Å². The summed E-state index contributed by atoms with van der Waals surface area (Å²) in [7, 11) is 0. The predicted molar refractivity (Wildman–Crippen MR) is 108 cm³/mol. The number of carbonyl (C=O) groups excluding carboxylic acids is 3. The van der Waals surface area contributed by atoms with E-state index in [1.165, 1.54) is 0 Å². The lowest BCUT2D eigenvalue weighted by molar-refractivity contribution is -0.133. The van der Waals surface area contributed by atoms with Gasteiger partial charge in [0, 0.05) is 23.8 Å². The third kappa shape index (κ3) is 3.97. The molecule has 0 atom stereocenters. The first kappa shape index (κ1) is 18.7. The van der Waals surface area contributed by atoms with Crippen LogP contribution in [-0.2, 0) is 20.8 Å². The molecule has 1 aliphatic carbocycles. The zero-order chi connectivity index (χ0) is 20.4. The number of benzene rings is 2. The first-order valence-corrected chi connectivity index (χ1v) is 9.62. The Morgan fingerprint density at radius 3 is 2.55 bits per heavy atom. The molecule has 2 aliphatic rings. The summed E-state index contributed by atoms with van der Waals surface area (Å²) in [4.78, 5) is 39.0. The van der Waals surface area contributed by atoms with Gasteiger partial charge in [0.25, 0.3) is 0 Å². The van der Waals surface area contributed by atoms with Crippen molar-refractivity contribution in [2.45, 2.75) is 25.7 Å². The second kappa shape index (κ2) is 7.76. The molecule has 0 radical (unpaired) electrons. The van der Waals surface area contributed by atoms with Gasteiger partial charge in [-0.1, -0.05) is 18.2 Å². The van der Waals surface area contributed by atoms with Crippen LogP contribution in [0.4, 0.5) is 17.1 Å². The van der Waals surface area contributed by atoms with E-state index in [0.717, 1.165) is 36.9 Å².